The van der Waals surface area contributed by atoms with E-state index in [2.05, 4.69) is 10.5 Å². The van der Waals surface area contributed by atoms with Gasteiger partial charge in [-0.2, -0.15) is 0 Å². The van der Waals surface area contributed by atoms with Crippen molar-refractivity contribution in [2.24, 2.45) is 0 Å². The Balaban J connectivity index is 1.83. The minimum Gasteiger partial charge on any atom is -0.393 e. The predicted molar refractivity (Wildman–Crippen MR) is 61.1 cm³/mol. The van der Waals surface area contributed by atoms with Gasteiger partial charge in [0.1, 0.15) is 5.76 Å². The summed E-state index contributed by atoms with van der Waals surface area (Å²) in [5.41, 5.74) is 2.15. The molecule has 4 heteroatoms. The Morgan fingerprint density at radius 3 is 2.56 bits per heavy atom. The van der Waals surface area contributed by atoms with Crippen molar-refractivity contribution in [2.75, 3.05) is 0 Å². The summed E-state index contributed by atoms with van der Waals surface area (Å²) in [5, 5.41) is 16.9. The molecular weight excluding hydrogens is 204 g/mol. The Hall–Kier alpha value is -0.870. The van der Waals surface area contributed by atoms with Crippen LogP contribution in [0.5, 0.6) is 0 Å². The highest BCUT2D eigenvalue weighted by atomic mass is 16.5. The highest BCUT2D eigenvalue weighted by molar-refractivity contribution is 5.20. The van der Waals surface area contributed by atoms with Crippen LogP contribution in [0.25, 0.3) is 0 Å². The minimum absolute atomic E-state index is 0.0860. The van der Waals surface area contributed by atoms with Crippen molar-refractivity contribution in [1.29, 1.82) is 0 Å². The molecule has 0 spiro atoms. The molecule has 1 heterocycles. The van der Waals surface area contributed by atoms with E-state index in [9.17, 15) is 5.11 Å². The molecule has 0 aliphatic heterocycles. The Labute approximate surface area is 96.0 Å². The normalized spacial score (nSPS) is 25.9. The van der Waals surface area contributed by atoms with E-state index in [1.807, 2.05) is 13.8 Å². The highest BCUT2D eigenvalue weighted by Crippen LogP contribution is 2.19. The first kappa shape index (κ1) is 11.6. The molecule has 1 saturated carbocycles. The summed E-state index contributed by atoms with van der Waals surface area (Å²) in [7, 11) is 0. The number of nitrogens with zero attached hydrogens (tertiary/aromatic N) is 1. The SMILES string of the molecule is Cc1noc(C)c1CNC1CCC(O)CC1. The van der Waals surface area contributed by atoms with Crippen LogP contribution in [-0.4, -0.2) is 22.4 Å². The summed E-state index contributed by atoms with van der Waals surface area (Å²) in [5.74, 6) is 0.904. The summed E-state index contributed by atoms with van der Waals surface area (Å²) in [4.78, 5) is 0. The number of rotatable bonds is 3. The van der Waals surface area contributed by atoms with E-state index >= 15 is 0 Å². The van der Waals surface area contributed by atoms with E-state index in [-0.39, 0.29) is 6.10 Å². The van der Waals surface area contributed by atoms with Crippen LogP contribution in [0.2, 0.25) is 0 Å². The summed E-state index contributed by atoms with van der Waals surface area (Å²) >= 11 is 0. The average molecular weight is 224 g/mol. The van der Waals surface area contributed by atoms with Gasteiger partial charge in [0.05, 0.1) is 11.8 Å². The maximum atomic E-state index is 9.41. The first-order valence-electron chi connectivity index (χ1n) is 6.00. The van der Waals surface area contributed by atoms with Gasteiger partial charge in [0.15, 0.2) is 0 Å². The van der Waals surface area contributed by atoms with Gasteiger partial charge in [-0.3, -0.25) is 0 Å². The van der Waals surface area contributed by atoms with Crippen LogP contribution < -0.4 is 5.32 Å². The monoisotopic (exact) mass is 224 g/mol. The van der Waals surface area contributed by atoms with Crippen molar-refractivity contribution in [3.8, 4) is 0 Å². The third-order valence-corrected chi connectivity index (χ3v) is 3.45. The Morgan fingerprint density at radius 2 is 2.00 bits per heavy atom. The lowest BCUT2D eigenvalue weighted by molar-refractivity contribution is 0.116. The number of aryl methyl sites for hydroxylation is 2. The lowest BCUT2D eigenvalue weighted by Gasteiger charge is -2.26. The Bertz CT molecular complexity index is 321. The fraction of sp³-hybridized carbons (Fsp3) is 0.750. The van der Waals surface area contributed by atoms with Crippen LogP contribution in [-0.2, 0) is 6.54 Å². The Morgan fingerprint density at radius 1 is 1.31 bits per heavy atom. The molecule has 4 nitrogen and oxygen atoms in total. The minimum atomic E-state index is -0.0860. The van der Waals surface area contributed by atoms with E-state index in [4.69, 9.17) is 4.52 Å². The fourth-order valence-corrected chi connectivity index (χ4v) is 2.28. The van der Waals surface area contributed by atoms with Gasteiger partial charge in [-0.1, -0.05) is 5.16 Å². The number of aliphatic hydroxyl groups excluding tert-OH is 1. The van der Waals surface area contributed by atoms with Gasteiger partial charge in [0.2, 0.25) is 0 Å². The second-order valence-electron chi connectivity index (χ2n) is 4.69. The zero-order valence-corrected chi connectivity index (χ0v) is 9.99. The number of nitrogens with one attached hydrogen (secondary N) is 1. The van der Waals surface area contributed by atoms with E-state index < -0.39 is 0 Å². The quantitative estimate of drug-likeness (QED) is 0.820. The molecule has 1 aliphatic rings. The van der Waals surface area contributed by atoms with Gasteiger partial charge < -0.3 is 14.9 Å². The topological polar surface area (TPSA) is 58.3 Å². The summed E-state index contributed by atoms with van der Waals surface area (Å²) in [6, 6.07) is 0.525. The van der Waals surface area contributed by atoms with Crippen LogP contribution in [0.15, 0.2) is 4.52 Å². The van der Waals surface area contributed by atoms with Gasteiger partial charge in [-0.15, -0.1) is 0 Å². The van der Waals surface area contributed by atoms with Gasteiger partial charge in [0.25, 0.3) is 0 Å². The maximum absolute atomic E-state index is 9.41. The zero-order chi connectivity index (χ0) is 11.5. The molecule has 0 radical (unpaired) electrons. The molecule has 0 unspecified atom stereocenters. The molecule has 1 aliphatic carbocycles. The molecule has 1 aromatic heterocycles. The number of aromatic nitrogens is 1. The van der Waals surface area contributed by atoms with Crippen molar-refractivity contribution >= 4 is 0 Å². The number of hydrogen-bond acceptors (Lipinski definition) is 4. The van der Waals surface area contributed by atoms with Crippen LogP contribution in [0.4, 0.5) is 0 Å². The number of aliphatic hydroxyl groups is 1. The first-order chi connectivity index (χ1) is 7.66. The predicted octanol–water partition coefficient (Wildman–Crippen LogP) is 1.68. The van der Waals surface area contributed by atoms with E-state index in [0.717, 1.165) is 43.7 Å². The van der Waals surface area contributed by atoms with Gasteiger partial charge >= 0.3 is 0 Å². The van der Waals surface area contributed by atoms with Crippen molar-refractivity contribution in [2.45, 2.75) is 58.2 Å². The molecule has 1 aromatic rings. The van der Waals surface area contributed by atoms with Crippen LogP contribution in [0.1, 0.15) is 42.7 Å². The van der Waals surface area contributed by atoms with Gasteiger partial charge in [-0.05, 0) is 39.5 Å². The molecule has 2 N–H and O–H groups in total. The smallest absolute Gasteiger partial charge is 0.138 e. The largest absolute Gasteiger partial charge is 0.393 e. The average Bonchev–Trinajstić information content (AvgIpc) is 2.59. The van der Waals surface area contributed by atoms with Gasteiger partial charge in [-0.25, -0.2) is 0 Å². The van der Waals surface area contributed by atoms with Crippen molar-refractivity contribution in [3.63, 3.8) is 0 Å². The maximum Gasteiger partial charge on any atom is 0.138 e. The van der Waals surface area contributed by atoms with Crippen LogP contribution in [0.3, 0.4) is 0 Å². The molecule has 0 amide bonds. The standard InChI is InChI=1S/C12H20N2O2/c1-8-12(9(2)16-14-8)7-13-10-3-5-11(15)6-4-10/h10-11,13,15H,3-7H2,1-2H3. The molecule has 90 valence electrons. The lowest BCUT2D eigenvalue weighted by Crippen LogP contribution is -2.34. The molecule has 0 saturated heterocycles. The molecule has 1 fully saturated rings. The van der Waals surface area contributed by atoms with Crippen molar-refractivity contribution in [1.82, 2.24) is 10.5 Å². The molecular formula is C12H20N2O2. The summed E-state index contributed by atoms with van der Waals surface area (Å²) in [6.45, 7) is 4.74. The third kappa shape index (κ3) is 2.62. The van der Waals surface area contributed by atoms with Crippen LogP contribution >= 0.6 is 0 Å². The molecule has 0 aromatic carbocycles. The lowest BCUT2D eigenvalue weighted by atomic mass is 9.93. The van der Waals surface area contributed by atoms with E-state index in [1.54, 1.807) is 0 Å². The highest BCUT2D eigenvalue weighted by Gasteiger charge is 2.19. The van der Waals surface area contributed by atoms with Crippen LogP contribution in [0, 0.1) is 13.8 Å². The van der Waals surface area contributed by atoms with Gasteiger partial charge in [0, 0.05) is 18.2 Å². The van der Waals surface area contributed by atoms with Crippen molar-refractivity contribution < 1.29 is 9.63 Å². The fourth-order valence-electron chi connectivity index (χ4n) is 2.28. The van der Waals surface area contributed by atoms with E-state index in [1.165, 1.54) is 5.56 Å². The first-order valence-corrected chi connectivity index (χ1v) is 6.00. The zero-order valence-electron chi connectivity index (χ0n) is 9.99. The second-order valence-corrected chi connectivity index (χ2v) is 4.69. The summed E-state index contributed by atoms with van der Waals surface area (Å²) in [6.07, 6.45) is 3.87. The Kier molecular flexibility index (Phi) is 3.61. The third-order valence-electron chi connectivity index (χ3n) is 3.45. The molecule has 2 rings (SSSR count). The molecule has 0 atom stereocenters. The second kappa shape index (κ2) is 4.97. The van der Waals surface area contributed by atoms with E-state index in [0.29, 0.717) is 6.04 Å². The number of hydrogen-bond donors (Lipinski definition) is 2. The van der Waals surface area contributed by atoms with Crippen molar-refractivity contribution in [3.05, 3.63) is 17.0 Å². The molecule has 16 heavy (non-hydrogen) atoms. The summed E-state index contributed by atoms with van der Waals surface area (Å²) < 4.78 is 5.12. The molecule has 0 bridgehead atoms.